The zero-order valence-corrected chi connectivity index (χ0v) is 14.7. The van der Waals surface area contributed by atoms with E-state index in [9.17, 15) is 5.11 Å². The number of piperazine rings is 1. The van der Waals surface area contributed by atoms with Gasteiger partial charge in [0.2, 0.25) is 11.8 Å². The van der Waals surface area contributed by atoms with Crippen LogP contribution in [0.4, 0.5) is 5.95 Å². The van der Waals surface area contributed by atoms with Crippen molar-refractivity contribution >= 4 is 5.95 Å². The molecule has 3 rings (SSSR count). The number of anilines is 1. The Hall–Kier alpha value is -1.40. The summed E-state index contributed by atoms with van der Waals surface area (Å²) in [5.41, 5.74) is 0. The molecule has 6 nitrogen and oxygen atoms in total. The van der Waals surface area contributed by atoms with Gasteiger partial charge in [0.1, 0.15) is 0 Å². The lowest BCUT2D eigenvalue weighted by atomic mass is 9.85. The highest BCUT2D eigenvalue weighted by atomic mass is 16.5. The van der Waals surface area contributed by atoms with Gasteiger partial charge in [-0.2, -0.15) is 4.98 Å². The summed E-state index contributed by atoms with van der Waals surface area (Å²) in [6, 6.07) is 1.80. The van der Waals surface area contributed by atoms with Gasteiger partial charge in [0.15, 0.2) is 0 Å². The number of aliphatic hydroxyl groups excluding tert-OH is 1. The minimum atomic E-state index is -0.172. The molecule has 2 fully saturated rings. The molecule has 1 aromatic heterocycles. The molecule has 6 heteroatoms. The van der Waals surface area contributed by atoms with Crippen molar-refractivity contribution in [1.29, 1.82) is 0 Å². The van der Waals surface area contributed by atoms with Gasteiger partial charge in [-0.25, -0.2) is 4.98 Å². The highest BCUT2D eigenvalue weighted by Gasteiger charge is 2.26. The lowest BCUT2D eigenvalue weighted by Gasteiger charge is -2.37. The molecule has 1 saturated heterocycles. The van der Waals surface area contributed by atoms with Gasteiger partial charge in [0, 0.05) is 45.0 Å². The van der Waals surface area contributed by atoms with Gasteiger partial charge >= 0.3 is 0 Å². The Morgan fingerprint density at radius 2 is 1.96 bits per heavy atom. The summed E-state index contributed by atoms with van der Waals surface area (Å²) in [5.74, 6) is 1.88. The second-order valence-electron chi connectivity index (χ2n) is 6.88. The topological polar surface area (TPSA) is 61.7 Å². The van der Waals surface area contributed by atoms with Gasteiger partial charge in [-0.3, -0.25) is 4.90 Å². The molecule has 2 aliphatic rings. The van der Waals surface area contributed by atoms with Gasteiger partial charge in [-0.1, -0.05) is 19.3 Å². The number of hydrogen-bond acceptors (Lipinski definition) is 6. The largest absolute Gasteiger partial charge is 0.478 e. The zero-order valence-electron chi connectivity index (χ0n) is 14.7. The number of aromatic nitrogens is 2. The summed E-state index contributed by atoms with van der Waals surface area (Å²) in [4.78, 5) is 13.4. The van der Waals surface area contributed by atoms with Crippen LogP contribution in [0.15, 0.2) is 12.3 Å². The summed E-state index contributed by atoms with van der Waals surface area (Å²) in [6.07, 6.45) is 7.87. The van der Waals surface area contributed by atoms with E-state index < -0.39 is 0 Å². The second kappa shape index (κ2) is 8.62. The highest BCUT2D eigenvalue weighted by molar-refractivity contribution is 5.32. The Morgan fingerprint density at radius 1 is 1.21 bits per heavy atom. The van der Waals surface area contributed by atoms with Crippen molar-refractivity contribution in [2.75, 3.05) is 44.2 Å². The van der Waals surface area contributed by atoms with Gasteiger partial charge in [0.05, 0.1) is 12.7 Å². The van der Waals surface area contributed by atoms with E-state index in [1.807, 2.05) is 6.92 Å². The number of ether oxygens (including phenoxy) is 1. The molecule has 0 bridgehead atoms. The first-order valence-electron chi connectivity index (χ1n) is 9.37. The first-order valence-corrected chi connectivity index (χ1v) is 9.37. The van der Waals surface area contributed by atoms with Crippen LogP contribution in [-0.2, 0) is 0 Å². The molecule has 1 atom stereocenters. The van der Waals surface area contributed by atoms with Crippen LogP contribution in [0.2, 0.25) is 0 Å². The molecule has 1 aliphatic carbocycles. The lowest BCUT2D eigenvalue weighted by molar-refractivity contribution is 0.0459. The molecule has 0 spiro atoms. The number of nitrogens with zero attached hydrogens (tertiary/aromatic N) is 4. The lowest BCUT2D eigenvalue weighted by Crippen LogP contribution is -2.50. The fourth-order valence-electron chi connectivity index (χ4n) is 3.78. The third-order valence-corrected chi connectivity index (χ3v) is 5.20. The van der Waals surface area contributed by atoms with Crippen molar-refractivity contribution in [3.8, 4) is 5.88 Å². The Bertz CT molecular complexity index is 500. The van der Waals surface area contributed by atoms with E-state index in [1.54, 1.807) is 12.3 Å². The summed E-state index contributed by atoms with van der Waals surface area (Å²) in [5, 5.41) is 10.5. The van der Waals surface area contributed by atoms with Crippen LogP contribution in [0.25, 0.3) is 0 Å². The minimum absolute atomic E-state index is 0.172. The molecule has 2 heterocycles. The van der Waals surface area contributed by atoms with E-state index in [-0.39, 0.29) is 6.10 Å². The maximum Gasteiger partial charge on any atom is 0.228 e. The van der Waals surface area contributed by atoms with Gasteiger partial charge < -0.3 is 14.7 Å². The second-order valence-corrected chi connectivity index (χ2v) is 6.88. The number of rotatable bonds is 6. The normalized spacial score (nSPS) is 21.7. The van der Waals surface area contributed by atoms with Crippen molar-refractivity contribution in [2.24, 2.45) is 5.92 Å². The number of hydrogen-bond donors (Lipinski definition) is 1. The fourth-order valence-corrected chi connectivity index (χ4v) is 3.78. The van der Waals surface area contributed by atoms with E-state index in [0.29, 0.717) is 18.4 Å². The van der Waals surface area contributed by atoms with E-state index in [0.717, 1.165) is 38.7 Å². The van der Waals surface area contributed by atoms with Crippen LogP contribution in [0.5, 0.6) is 5.88 Å². The first-order chi connectivity index (χ1) is 11.8. The van der Waals surface area contributed by atoms with Crippen LogP contribution in [0.3, 0.4) is 0 Å². The van der Waals surface area contributed by atoms with E-state index >= 15 is 0 Å². The van der Waals surface area contributed by atoms with Crippen molar-refractivity contribution in [2.45, 2.75) is 45.1 Å². The molecule has 0 radical (unpaired) electrons. The average Bonchev–Trinajstić information content (AvgIpc) is 2.63. The van der Waals surface area contributed by atoms with Gasteiger partial charge in [-0.05, 0) is 25.7 Å². The van der Waals surface area contributed by atoms with Gasteiger partial charge in [-0.15, -0.1) is 0 Å². The van der Waals surface area contributed by atoms with Crippen molar-refractivity contribution < 1.29 is 9.84 Å². The van der Waals surface area contributed by atoms with Crippen LogP contribution in [0.1, 0.15) is 39.0 Å². The molecule has 0 amide bonds. The molecular weight excluding hydrogens is 304 g/mol. The quantitative estimate of drug-likeness (QED) is 0.858. The highest BCUT2D eigenvalue weighted by Crippen LogP contribution is 2.27. The van der Waals surface area contributed by atoms with Gasteiger partial charge in [0.25, 0.3) is 0 Å². The van der Waals surface area contributed by atoms with Crippen molar-refractivity contribution in [1.82, 2.24) is 14.9 Å². The molecule has 1 aliphatic heterocycles. The molecule has 134 valence electrons. The smallest absolute Gasteiger partial charge is 0.228 e. The number of β-amino-alcohol motifs (C(OH)–C–C–N with tert-alkyl or cyclic N) is 1. The fraction of sp³-hybridized carbons (Fsp3) is 0.778. The molecule has 1 saturated carbocycles. The van der Waals surface area contributed by atoms with Crippen LogP contribution < -0.4 is 9.64 Å². The third-order valence-electron chi connectivity index (χ3n) is 5.20. The Balaban J connectivity index is 1.47. The molecule has 1 unspecified atom stereocenters. The molecule has 1 aromatic rings. The van der Waals surface area contributed by atoms with Crippen molar-refractivity contribution in [3.05, 3.63) is 12.3 Å². The number of aliphatic hydroxyl groups is 1. The third kappa shape index (κ3) is 4.57. The predicted octanol–water partition coefficient (Wildman–Crippen LogP) is 1.94. The maximum absolute atomic E-state index is 10.5. The minimum Gasteiger partial charge on any atom is -0.478 e. The van der Waals surface area contributed by atoms with Crippen LogP contribution in [0, 0.1) is 5.92 Å². The molecule has 24 heavy (non-hydrogen) atoms. The summed E-state index contributed by atoms with van der Waals surface area (Å²) >= 11 is 0. The standard InChI is InChI=1S/C18H30N4O2/c1-2-24-17-8-9-19-18(20-17)22-12-10-21(11-13-22)14-16(23)15-6-4-3-5-7-15/h8-9,15-16,23H,2-7,10-14H2,1H3. The summed E-state index contributed by atoms with van der Waals surface area (Å²) in [7, 11) is 0. The Labute approximate surface area is 144 Å². The summed E-state index contributed by atoms with van der Waals surface area (Å²) in [6.45, 7) is 7.07. The van der Waals surface area contributed by atoms with Crippen LogP contribution >= 0.6 is 0 Å². The van der Waals surface area contributed by atoms with E-state index in [4.69, 9.17) is 4.74 Å². The SMILES string of the molecule is CCOc1ccnc(N2CCN(CC(O)C3CCCCC3)CC2)n1. The summed E-state index contributed by atoms with van der Waals surface area (Å²) < 4.78 is 5.46. The Morgan fingerprint density at radius 3 is 2.67 bits per heavy atom. The van der Waals surface area contributed by atoms with Crippen molar-refractivity contribution in [3.63, 3.8) is 0 Å². The molecule has 1 N–H and O–H groups in total. The molecular formula is C18H30N4O2. The average molecular weight is 334 g/mol. The maximum atomic E-state index is 10.5. The molecule has 0 aromatic carbocycles. The zero-order chi connectivity index (χ0) is 16.8. The Kier molecular flexibility index (Phi) is 6.26. The van der Waals surface area contributed by atoms with E-state index in [1.165, 1.54) is 32.1 Å². The van der Waals surface area contributed by atoms with Crippen LogP contribution in [-0.4, -0.2) is 65.4 Å². The predicted molar refractivity (Wildman–Crippen MR) is 94.4 cm³/mol. The monoisotopic (exact) mass is 334 g/mol. The van der Waals surface area contributed by atoms with E-state index in [2.05, 4.69) is 19.8 Å². The first kappa shape index (κ1) is 17.4.